The summed E-state index contributed by atoms with van der Waals surface area (Å²) in [6.45, 7) is 3.80. The van der Waals surface area contributed by atoms with Crippen molar-refractivity contribution in [3.8, 4) is 0 Å². The van der Waals surface area contributed by atoms with Gasteiger partial charge in [-0.05, 0) is 19.9 Å². The molecule has 0 amide bonds. The summed E-state index contributed by atoms with van der Waals surface area (Å²) in [5, 5.41) is 0.910. The molecule has 3 nitrogen and oxygen atoms in total. The number of fused-ring (bicyclic) bond motifs is 1. The fourth-order valence-electron chi connectivity index (χ4n) is 1.42. The number of aromatic nitrogens is 1. The van der Waals surface area contributed by atoms with Gasteiger partial charge in [0.15, 0.2) is 12.0 Å². The van der Waals surface area contributed by atoms with Crippen LogP contribution < -0.4 is 0 Å². The molecule has 2 rings (SSSR count). The first-order valence-electron chi connectivity index (χ1n) is 4.03. The first-order chi connectivity index (χ1) is 6.20. The fourth-order valence-corrected chi connectivity index (χ4v) is 1.42. The maximum atomic E-state index is 10.5. The molecule has 0 atom stereocenters. The monoisotopic (exact) mass is 175 g/mol. The number of furan rings is 1. The highest BCUT2D eigenvalue weighted by atomic mass is 16.3. The van der Waals surface area contributed by atoms with Gasteiger partial charge in [0.2, 0.25) is 0 Å². The maximum Gasteiger partial charge on any atom is 0.185 e. The van der Waals surface area contributed by atoms with Crippen LogP contribution in [-0.2, 0) is 0 Å². The van der Waals surface area contributed by atoms with Crippen molar-refractivity contribution in [2.75, 3.05) is 0 Å². The lowest BCUT2D eigenvalue weighted by molar-refractivity contribution is 0.110. The highest BCUT2D eigenvalue weighted by Gasteiger charge is 2.06. The van der Waals surface area contributed by atoms with E-state index in [0.717, 1.165) is 22.4 Å². The van der Waals surface area contributed by atoms with E-state index < -0.39 is 0 Å². The standard InChI is InChI=1S/C10H9NO2/c1-6-3-10-9(7(2)11-6)4-8(5-12)13-10/h3-5H,1-2H3. The Morgan fingerprint density at radius 2 is 2.15 bits per heavy atom. The van der Waals surface area contributed by atoms with Crippen LogP contribution in [0.15, 0.2) is 16.5 Å². The van der Waals surface area contributed by atoms with E-state index in [1.165, 1.54) is 0 Å². The van der Waals surface area contributed by atoms with Gasteiger partial charge in [-0.3, -0.25) is 9.78 Å². The van der Waals surface area contributed by atoms with Gasteiger partial charge in [0.25, 0.3) is 0 Å². The van der Waals surface area contributed by atoms with Crippen molar-refractivity contribution in [2.24, 2.45) is 0 Å². The summed E-state index contributed by atoms with van der Waals surface area (Å²) in [6, 6.07) is 3.54. The van der Waals surface area contributed by atoms with E-state index in [0.29, 0.717) is 12.0 Å². The zero-order valence-corrected chi connectivity index (χ0v) is 7.50. The molecule has 0 saturated heterocycles. The van der Waals surface area contributed by atoms with E-state index in [1.54, 1.807) is 6.07 Å². The predicted octanol–water partition coefficient (Wildman–Crippen LogP) is 2.26. The summed E-state index contributed by atoms with van der Waals surface area (Å²) in [5.41, 5.74) is 2.52. The van der Waals surface area contributed by atoms with Gasteiger partial charge in [-0.2, -0.15) is 0 Å². The molecular formula is C10H9NO2. The number of aldehydes is 1. The van der Waals surface area contributed by atoms with Crippen molar-refractivity contribution >= 4 is 17.3 Å². The Kier molecular flexibility index (Phi) is 1.65. The van der Waals surface area contributed by atoms with Crippen molar-refractivity contribution in [1.29, 1.82) is 0 Å². The molecule has 2 heterocycles. The van der Waals surface area contributed by atoms with Gasteiger partial charge < -0.3 is 4.42 Å². The molecule has 0 unspecified atom stereocenters. The van der Waals surface area contributed by atoms with E-state index in [-0.39, 0.29) is 0 Å². The van der Waals surface area contributed by atoms with Gasteiger partial charge in [-0.25, -0.2) is 0 Å². The van der Waals surface area contributed by atoms with Gasteiger partial charge in [0.1, 0.15) is 5.58 Å². The third-order valence-electron chi connectivity index (χ3n) is 1.97. The molecule has 0 N–H and O–H groups in total. The van der Waals surface area contributed by atoms with Crippen LogP contribution >= 0.6 is 0 Å². The van der Waals surface area contributed by atoms with Crippen LogP contribution in [0.5, 0.6) is 0 Å². The number of pyridine rings is 1. The van der Waals surface area contributed by atoms with Gasteiger partial charge in [0, 0.05) is 22.8 Å². The van der Waals surface area contributed by atoms with Crippen molar-refractivity contribution in [2.45, 2.75) is 13.8 Å². The van der Waals surface area contributed by atoms with Crippen molar-refractivity contribution in [3.63, 3.8) is 0 Å². The predicted molar refractivity (Wildman–Crippen MR) is 48.9 cm³/mol. The Hall–Kier alpha value is -1.64. The number of aryl methyl sites for hydroxylation is 2. The van der Waals surface area contributed by atoms with Gasteiger partial charge in [-0.1, -0.05) is 0 Å². The second-order valence-corrected chi connectivity index (χ2v) is 3.03. The average Bonchev–Trinajstić information content (AvgIpc) is 2.47. The minimum absolute atomic E-state index is 0.352. The third-order valence-corrected chi connectivity index (χ3v) is 1.97. The first-order valence-corrected chi connectivity index (χ1v) is 4.03. The lowest BCUT2D eigenvalue weighted by atomic mass is 10.2. The molecule has 0 radical (unpaired) electrons. The molecule has 0 fully saturated rings. The molecule has 0 aliphatic carbocycles. The minimum atomic E-state index is 0.352. The number of rotatable bonds is 1. The molecule has 0 aliphatic rings. The number of hydrogen-bond donors (Lipinski definition) is 0. The fraction of sp³-hybridized carbons (Fsp3) is 0.200. The highest BCUT2D eigenvalue weighted by molar-refractivity contribution is 5.86. The molecule has 2 aromatic heterocycles. The summed E-state index contributed by atoms with van der Waals surface area (Å²) in [4.78, 5) is 14.7. The summed E-state index contributed by atoms with van der Waals surface area (Å²) >= 11 is 0. The smallest absolute Gasteiger partial charge is 0.185 e. The Balaban J connectivity index is 2.82. The molecule has 66 valence electrons. The quantitative estimate of drug-likeness (QED) is 0.624. The Labute approximate surface area is 75.4 Å². The molecule has 0 aliphatic heterocycles. The minimum Gasteiger partial charge on any atom is -0.453 e. The largest absolute Gasteiger partial charge is 0.453 e. The molecule has 0 aromatic carbocycles. The Bertz CT molecular complexity index is 471. The van der Waals surface area contributed by atoms with E-state index in [9.17, 15) is 4.79 Å². The molecule has 0 bridgehead atoms. The van der Waals surface area contributed by atoms with E-state index >= 15 is 0 Å². The SMILES string of the molecule is Cc1cc2oc(C=O)cc2c(C)n1. The number of nitrogens with zero attached hydrogens (tertiary/aromatic N) is 1. The Morgan fingerprint density at radius 3 is 2.85 bits per heavy atom. The second-order valence-electron chi connectivity index (χ2n) is 3.03. The summed E-state index contributed by atoms with van der Waals surface area (Å²) < 4.78 is 5.27. The van der Waals surface area contributed by atoms with Gasteiger partial charge in [-0.15, -0.1) is 0 Å². The van der Waals surface area contributed by atoms with Gasteiger partial charge in [0.05, 0.1) is 0 Å². The number of hydrogen-bond acceptors (Lipinski definition) is 3. The molecule has 2 aromatic rings. The third kappa shape index (κ3) is 1.22. The van der Waals surface area contributed by atoms with Crippen LogP contribution in [0, 0.1) is 13.8 Å². The van der Waals surface area contributed by atoms with Gasteiger partial charge >= 0.3 is 0 Å². The van der Waals surface area contributed by atoms with Crippen LogP contribution in [0.3, 0.4) is 0 Å². The highest BCUT2D eigenvalue weighted by Crippen LogP contribution is 2.21. The molecule has 0 spiro atoms. The average molecular weight is 175 g/mol. The summed E-state index contributed by atoms with van der Waals surface area (Å²) in [7, 11) is 0. The van der Waals surface area contributed by atoms with Crippen molar-refractivity contribution in [1.82, 2.24) is 4.98 Å². The Morgan fingerprint density at radius 1 is 1.38 bits per heavy atom. The van der Waals surface area contributed by atoms with Crippen LogP contribution in [0.4, 0.5) is 0 Å². The first kappa shape index (κ1) is 7.98. The van der Waals surface area contributed by atoms with Crippen LogP contribution in [0.25, 0.3) is 11.0 Å². The van der Waals surface area contributed by atoms with Crippen molar-refractivity contribution < 1.29 is 9.21 Å². The summed E-state index contributed by atoms with van der Waals surface area (Å²) in [6.07, 6.45) is 0.703. The summed E-state index contributed by atoms with van der Waals surface area (Å²) in [5.74, 6) is 0.352. The van der Waals surface area contributed by atoms with Crippen LogP contribution in [0.2, 0.25) is 0 Å². The van der Waals surface area contributed by atoms with E-state index in [2.05, 4.69) is 4.98 Å². The normalized spacial score (nSPS) is 10.6. The molecule has 3 heteroatoms. The van der Waals surface area contributed by atoms with E-state index in [4.69, 9.17) is 4.42 Å². The molecule has 13 heavy (non-hydrogen) atoms. The van der Waals surface area contributed by atoms with E-state index in [1.807, 2.05) is 19.9 Å². The molecular weight excluding hydrogens is 166 g/mol. The zero-order valence-electron chi connectivity index (χ0n) is 7.50. The number of carbonyl (C=O) groups is 1. The van der Waals surface area contributed by atoms with Crippen molar-refractivity contribution in [3.05, 3.63) is 29.3 Å². The zero-order chi connectivity index (χ0) is 9.42. The van der Waals surface area contributed by atoms with Crippen LogP contribution in [0.1, 0.15) is 21.9 Å². The lowest BCUT2D eigenvalue weighted by Gasteiger charge is -1.95. The molecule has 0 saturated carbocycles. The maximum absolute atomic E-state index is 10.5. The lowest BCUT2D eigenvalue weighted by Crippen LogP contribution is -1.84. The topological polar surface area (TPSA) is 43.1 Å². The number of carbonyl (C=O) groups excluding carboxylic acids is 1. The second kappa shape index (κ2) is 2.69. The van der Waals surface area contributed by atoms with Crippen LogP contribution in [-0.4, -0.2) is 11.3 Å².